The van der Waals surface area contributed by atoms with E-state index >= 15 is 0 Å². The second-order valence-electron chi connectivity index (χ2n) is 15.0. The highest BCUT2D eigenvalue weighted by Crippen LogP contribution is 2.72. The molecule has 2 heterocycles. The van der Waals surface area contributed by atoms with Crippen LogP contribution in [0.4, 0.5) is 0 Å². The molecule has 216 valence electrons. The van der Waals surface area contributed by atoms with Crippen molar-refractivity contribution in [3.05, 3.63) is 32.1 Å². The summed E-state index contributed by atoms with van der Waals surface area (Å²) in [5.41, 5.74) is 1.27. The Morgan fingerprint density at radius 1 is 0.974 bits per heavy atom. The lowest BCUT2D eigenvalue weighted by molar-refractivity contribution is -0.166. The average Bonchev–Trinajstić information content (AvgIpc) is 3.14. The first-order chi connectivity index (χ1) is 18.5. The Hall–Kier alpha value is -1.60. The summed E-state index contributed by atoms with van der Waals surface area (Å²) in [6.07, 6.45) is 11.2. The number of aliphatic hydroxyl groups is 2. The Kier molecular flexibility index (Phi) is 5.56. The molecule has 7 heteroatoms. The molecule has 6 aliphatic rings. The van der Waals surface area contributed by atoms with Gasteiger partial charge >= 0.3 is 11.4 Å². The van der Waals surface area contributed by atoms with Gasteiger partial charge in [-0.2, -0.15) is 0 Å². The Morgan fingerprint density at radius 2 is 1.72 bits per heavy atom. The zero-order valence-electron chi connectivity index (χ0n) is 24.7. The maximum atomic E-state index is 14.4. The van der Waals surface area contributed by atoms with Crippen molar-refractivity contribution in [2.75, 3.05) is 6.61 Å². The van der Waals surface area contributed by atoms with E-state index in [1.54, 1.807) is 7.05 Å². The van der Waals surface area contributed by atoms with Crippen LogP contribution in [0, 0.1) is 40.4 Å². The van der Waals surface area contributed by atoms with E-state index in [0.29, 0.717) is 11.8 Å². The van der Waals surface area contributed by atoms with Crippen LogP contribution >= 0.6 is 0 Å². The third-order valence-electron chi connectivity index (χ3n) is 13.9. The molecular formula is C32H49N3O4. The quantitative estimate of drug-likeness (QED) is 0.561. The second-order valence-corrected chi connectivity index (χ2v) is 15.0. The third-order valence-corrected chi connectivity index (χ3v) is 13.9. The van der Waals surface area contributed by atoms with Gasteiger partial charge in [0.05, 0.1) is 23.8 Å². The monoisotopic (exact) mass is 539 g/mol. The first-order valence-corrected chi connectivity index (χ1v) is 16.0. The highest BCUT2D eigenvalue weighted by molar-refractivity contribution is 5.43. The average molecular weight is 540 g/mol. The zero-order valence-corrected chi connectivity index (χ0v) is 24.7. The number of hydrogen-bond acceptors (Lipinski definition) is 4. The second kappa shape index (κ2) is 8.24. The van der Waals surface area contributed by atoms with E-state index in [9.17, 15) is 19.8 Å². The molecule has 1 aromatic heterocycles. The van der Waals surface area contributed by atoms with Crippen LogP contribution in [0.2, 0.25) is 0 Å². The minimum Gasteiger partial charge on any atom is -0.395 e. The van der Waals surface area contributed by atoms with Crippen LogP contribution in [0.3, 0.4) is 0 Å². The van der Waals surface area contributed by atoms with E-state index < -0.39 is 11.1 Å². The Labute approximate surface area is 232 Å². The normalized spacial score (nSPS) is 46.4. The predicted molar refractivity (Wildman–Crippen MR) is 150 cm³/mol. The van der Waals surface area contributed by atoms with Gasteiger partial charge in [0.15, 0.2) is 0 Å². The summed E-state index contributed by atoms with van der Waals surface area (Å²) < 4.78 is 5.43. The molecule has 1 aromatic rings. The number of hydrogen-bond donors (Lipinski definition) is 2. The standard InChI is InChI=1S/C32H49N3O4/c1-6-20-22-11-17-32-23-10-16-30(18-36)13-7-14-31(19(2)3,34-27(38)33(5)28(39)35(32)34)26(30)21(23)8-9-25(32)29(22,4)15-12-24(20)37/h19-20,22-25,36-37H,6-18H2,1-5H3. The molecule has 9 atom stereocenters. The Bertz CT molecular complexity index is 1350. The summed E-state index contributed by atoms with van der Waals surface area (Å²) in [5.74, 6) is 1.40. The number of aliphatic hydroxyl groups excluding tert-OH is 2. The van der Waals surface area contributed by atoms with Crippen molar-refractivity contribution in [2.24, 2.45) is 47.5 Å². The zero-order chi connectivity index (χ0) is 27.7. The van der Waals surface area contributed by atoms with Crippen LogP contribution in [0.15, 0.2) is 20.7 Å². The van der Waals surface area contributed by atoms with Crippen LogP contribution in [0.1, 0.15) is 105 Å². The van der Waals surface area contributed by atoms with Crippen LogP contribution < -0.4 is 11.4 Å². The number of allylic oxidation sites excluding steroid dienone is 1. The van der Waals surface area contributed by atoms with Gasteiger partial charge in [-0.3, -0.25) is 0 Å². The number of aromatic nitrogens is 3. The molecular weight excluding hydrogens is 490 g/mol. The summed E-state index contributed by atoms with van der Waals surface area (Å²) in [6, 6.07) is 0. The van der Waals surface area contributed by atoms with E-state index in [4.69, 9.17) is 0 Å². The fraction of sp³-hybridized carbons (Fsp3) is 0.875. The van der Waals surface area contributed by atoms with Gasteiger partial charge in [-0.15, -0.1) is 0 Å². The lowest BCUT2D eigenvalue weighted by Crippen LogP contribution is -2.66. The van der Waals surface area contributed by atoms with Gasteiger partial charge in [-0.05, 0) is 105 Å². The largest absolute Gasteiger partial charge is 0.395 e. The fourth-order valence-corrected chi connectivity index (χ4v) is 12.4. The number of fused-ring (bicyclic) bond motifs is 4. The van der Waals surface area contributed by atoms with E-state index in [0.717, 1.165) is 77.0 Å². The van der Waals surface area contributed by atoms with Crippen molar-refractivity contribution in [2.45, 2.75) is 122 Å². The van der Waals surface area contributed by atoms with Gasteiger partial charge in [0.1, 0.15) is 0 Å². The molecule has 4 saturated carbocycles. The van der Waals surface area contributed by atoms with Crippen molar-refractivity contribution in [1.29, 1.82) is 0 Å². The minimum atomic E-state index is -0.572. The fourth-order valence-electron chi connectivity index (χ4n) is 12.4. The molecule has 5 aliphatic carbocycles. The minimum absolute atomic E-state index is 0.0243. The maximum Gasteiger partial charge on any atom is 0.347 e. The molecule has 4 fully saturated rings. The van der Waals surface area contributed by atoms with Crippen LogP contribution in [-0.2, 0) is 18.1 Å². The van der Waals surface area contributed by atoms with Crippen molar-refractivity contribution >= 4 is 0 Å². The third kappa shape index (κ3) is 2.78. The topological polar surface area (TPSA) is 89.4 Å². The van der Waals surface area contributed by atoms with Crippen LogP contribution in [0.25, 0.3) is 0 Å². The Balaban J connectivity index is 1.58. The lowest BCUT2D eigenvalue weighted by Gasteiger charge is -2.66. The molecule has 9 unspecified atom stereocenters. The van der Waals surface area contributed by atoms with Crippen LogP contribution in [-0.4, -0.2) is 36.9 Å². The molecule has 7 nitrogen and oxygen atoms in total. The SMILES string of the molecule is CCC1C(O)CCC2(C)C1CCC13C4CCC5(CO)CCCC(C(C)C)(C5=C4CCC21)n1c(=O)n(C)c(=O)n13. The summed E-state index contributed by atoms with van der Waals surface area (Å²) in [7, 11) is 1.67. The summed E-state index contributed by atoms with van der Waals surface area (Å²) in [5, 5.41) is 22.1. The molecule has 4 bridgehead atoms. The van der Waals surface area contributed by atoms with Crippen molar-refractivity contribution in [1.82, 2.24) is 13.9 Å². The molecule has 2 N–H and O–H groups in total. The van der Waals surface area contributed by atoms with E-state index in [1.807, 2.05) is 4.68 Å². The van der Waals surface area contributed by atoms with Crippen molar-refractivity contribution < 1.29 is 10.2 Å². The highest BCUT2D eigenvalue weighted by atomic mass is 16.3. The molecule has 7 rings (SSSR count). The molecule has 39 heavy (non-hydrogen) atoms. The molecule has 0 amide bonds. The van der Waals surface area contributed by atoms with Gasteiger partial charge in [0.2, 0.25) is 0 Å². The van der Waals surface area contributed by atoms with Gasteiger partial charge in [-0.1, -0.05) is 39.7 Å². The number of nitrogens with zero attached hydrogens (tertiary/aromatic N) is 3. The smallest absolute Gasteiger partial charge is 0.347 e. The van der Waals surface area contributed by atoms with Crippen molar-refractivity contribution in [3.8, 4) is 0 Å². The lowest BCUT2D eigenvalue weighted by atomic mass is 9.40. The molecule has 0 radical (unpaired) electrons. The molecule has 1 spiro atoms. The molecule has 1 aliphatic heterocycles. The predicted octanol–water partition coefficient (Wildman–Crippen LogP) is 4.29. The van der Waals surface area contributed by atoms with Gasteiger partial charge in [-0.25, -0.2) is 23.5 Å². The first-order valence-electron chi connectivity index (χ1n) is 16.0. The van der Waals surface area contributed by atoms with Gasteiger partial charge < -0.3 is 10.2 Å². The summed E-state index contributed by atoms with van der Waals surface area (Å²) >= 11 is 0. The van der Waals surface area contributed by atoms with E-state index in [1.165, 1.54) is 15.7 Å². The summed E-state index contributed by atoms with van der Waals surface area (Å²) in [6.45, 7) is 9.30. The highest BCUT2D eigenvalue weighted by Gasteiger charge is 2.70. The van der Waals surface area contributed by atoms with E-state index in [2.05, 4.69) is 32.4 Å². The first kappa shape index (κ1) is 26.3. The number of rotatable bonds is 3. The van der Waals surface area contributed by atoms with Gasteiger partial charge in [0, 0.05) is 18.4 Å². The maximum absolute atomic E-state index is 14.4. The summed E-state index contributed by atoms with van der Waals surface area (Å²) in [4.78, 5) is 28.8. The van der Waals surface area contributed by atoms with Gasteiger partial charge in [0.25, 0.3) is 0 Å². The van der Waals surface area contributed by atoms with Crippen molar-refractivity contribution in [3.63, 3.8) is 0 Å². The van der Waals surface area contributed by atoms with Crippen LogP contribution in [0.5, 0.6) is 0 Å². The Morgan fingerprint density at radius 3 is 2.41 bits per heavy atom. The van der Waals surface area contributed by atoms with E-state index in [-0.39, 0.29) is 52.7 Å². The molecule has 0 aromatic carbocycles. The molecule has 0 saturated heterocycles.